The van der Waals surface area contributed by atoms with Crippen LogP contribution in [0, 0.1) is 18.3 Å². The van der Waals surface area contributed by atoms with Gasteiger partial charge in [-0.15, -0.1) is 0 Å². The van der Waals surface area contributed by atoms with Gasteiger partial charge in [0.2, 0.25) is 0 Å². The summed E-state index contributed by atoms with van der Waals surface area (Å²) in [5.74, 6) is 1.81. The lowest BCUT2D eigenvalue weighted by Gasteiger charge is -2.15. The van der Waals surface area contributed by atoms with E-state index in [1.165, 1.54) is 13.2 Å². The predicted molar refractivity (Wildman–Crippen MR) is 159 cm³/mol. The highest BCUT2D eigenvalue weighted by Gasteiger charge is 2.13. The molecular weight excluding hydrogens is 516 g/mol. The molecule has 0 heterocycles. The Morgan fingerprint density at radius 1 is 0.805 bits per heavy atom. The Morgan fingerprint density at radius 2 is 1.54 bits per heavy atom. The molecule has 0 radical (unpaired) electrons. The third-order valence-corrected chi connectivity index (χ3v) is 6.08. The number of amides is 1. The van der Waals surface area contributed by atoms with Gasteiger partial charge in [0.05, 0.1) is 13.7 Å². The van der Waals surface area contributed by atoms with E-state index in [1.807, 2.05) is 86.6 Å². The first-order valence-electron chi connectivity index (χ1n) is 13.2. The minimum absolute atomic E-state index is 0.0275. The molecule has 0 saturated heterocycles. The Labute approximate surface area is 240 Å². The number of ether oxygens (including phenoxy) is 4. The van der Waals surface area contributed by atoms with Gasteiger partial charge in [-0.1, -0.05) is 54.6 Å². The van der Waals surface area contributed by atoms with Crippen molar-refractivity contribution in [1.82, 2.24) is 0 Å². The molecule has 4 rings (SSSR count). The molecule has 0 fully saturated rings. The molecule has 0 aliphatic heterocycles. The van der Waals surface area contributed by atoms with E-state index in [1.54, 1.807) is 24.3 Å². The highest BCUT2D eigenvalue weighted by atomic mass is 16.5. The number of nitrogens with one attached hydrogen (secondary N) is 1. The molecule has 4 aromatic rings. The van der Waals surface area contributed by atoms with Crippen molar-refractivity contribution in [2.24, 2.45) is 0 Å². The molecule has 7 heteroatoms. The number of carbonyl (C=O) groups is 1. The number of hydrogen-bond acceptors (Lipinski definition) is 6. The summed E-state index contributed by atoms with van der Waals surface area (Å²) in [5.41, 5.74) is 4.20. The van der Waals surface area contributed by atoms with Crippen LogP contribution in [0.1, 0.15) is 29.2 Å². The van der Waals surface area contributed by atoms with E-state index in [9.17, 15) is 10.1 Å². The normalized spacial score (nSPS) is 10.8. The van der Waals surface area contributed by atoms with E-state index in [-0.39, 0.29) is 12.2 Å². The Balaban J connectivity index is 1.44. The van der Waals surface area contributed by atoms with Gasteiger partial charge >= 0.3 is 0 Å². The van der Waals surface area contributed by atoms with Gasteiger partial charge in [0, 0.05) is 5.69 Å². The van der Waals surface area contributed by atoms with Crippen LogP contribution in [0.4, 0.5) is 5.69 Å². The molecule has 7 nitrogen and oxygen atoms in total. The Bertz CT molecular complexity index is 1560. The van der Waals surface area contributed by atoms with Gasteiger partial charge in [-0.05, 0) is 78.6 Å². The van der Waals surface area contributed by atoms with Crippen molar-refractivity contribution in [3.8, 4) is 29.1 Å². The molecule has 1 N–H and O–H groups in total. The smallest absolute Gasteiger partial charge is 0.266 e. The van der Waals surface area contributed by atoms with Gasteiger partial charge in [0.15, 0.2) is 23.0 Å². The minimum Gasteiger partial charge on any atom is -0.493 e. The molecule has 41 heavy (non-hydrogen) atoms. The van der Waals surface area contributed by atoms with Crippen molar-refractivity contribution in [1.29, 1.82) is 5.26 Å². The predicted octanol–water partition coefficient (Wildman–Crippen LogP) is 7.11. The lowest BCUT2D eigenvalue weighted by atomic mass is 10.1. The lowest BCUT2D eigenvalue weighted by Crippen LogP contribution is -2.13. The Kier molecular flexibility index (Phi) is 10.0. The quantitative estimate of drug-likeness (QED) is 0.150. The van der Waals surface area contributed by atoms with Gasteiger partial charge in [-0.25, -0.2) is 0 Å². The van der Waals surface area contributed by atoms with Crippen LogP contribution in [0.15, 0.2) is 96.6 Å². The van der Waals surface area contributed by atoms with Gasteiger partial charge in [0.25, 0.3) is 5.91 Å². The third kappa shape index (κ3) is 8.13. The van der Waals surface area contributed by atoms with Crippen LogP contribution in [0.3, 0.4) is 0 Å². The average molecular weight is 549 g/mol. The average Bonchev–Trinajstić information content (AvgIpc) is 2.99. The fourth-order valence-electron chi connectivity index (χ4n) is 4.06. The standard InChI is InChI=1S/C34H32N2O5/c1-4-39-33-20-27(14-16-31(33)40-22-25-10-6-5-7-11-25)23-41-30-15-13-26(19-32(30)38-3)18-28(21-35)34(37)36-29-12-8-9-24(2)17-29/h5-20H,4,22-23H2,1-3H3,(H,36,37)/b28-18+. The van der Waals surface area contributed by atoms with Crippen LogP contribution >= 0.6 is 0 Å². The van der Waals surface area contributed by atoms with E-state index in [2.05, 4.69) is 5.32 Å². The van der Waals surface area contributed by atoms with Gasteiger partial charge in [-0.2, -0.15) is 5.26 Å². The van der Waals surface area contributed by atoms with Crippen LogP contribution < -0.4 is 24.3 Å². The van der Waals surface area contributed by atoms with E-state index in [0.29, 0.717) is 47.5 Å². The number of benzene rings is 4. The second-order valence-corrected chi connectivity index (χ2v) is 9.18. The number of carbonyl (C=O) groups excluding carboxylic acids is 1. The fourth-order valence-corrected chi connectivity index (χ4v) is 4.06. The second-order valence-electron chi connectivity index (χ2n) is 9.18. The second kappa shape index (κ2) is 14.2. The van der Waals surface area contributed by atoms with E-state index in [4.69, 9.17) is 18.9 Å². The molecule has 0 unspecified atom stereocenters. The zero-order valence-electron chi connectivity index (χ0n) is 23.3. The SMILES string of the molecule is CCOc1cc(COc2ccc(/C=C(\C#N)C(=O)Nc3cccc(C)c3)cc2OC)ccc1OCc1ccccc1. The summed E-state index contributed by atoms with van der Waals surface area (Å²) in [7, 11) is 1.54. The molecule has 0 aliphatic rings. The fraction of sp³-hybridized carbons (Fsp3) is 0.176. The zero-order chi connectivity index (χ0) is 29.0. The molecule has 0 aromatic heterocycles. The van der Waals surface area contributed by atoms with Gasteiger partial charge < -0.3 is 24.3 Å². The third-order valence-electron chi connectivity index (χ3n) is 6.08. The minimum atomic E-state index is -0.487. The maximum atomic E-state index is 12.7. The molecule has 1 amide bonds. The zero-order valence-corrected chi connectivity index (χ0v) is 23.3. The van der Waals surface area contributed by atoms with Crippen molar-refractivity contribution in [3.63, 3.8) is 0 Å². The van der Waals surface area contributed by atoms with E-state index >= 15 is 0 Å². The van der Waals surface area contributed by atoms with Crippen LogP contribution in [0.25, 0.3) is 6.08 Å². The highest BCUT2D eigenvalue weighted by Crippen LogP contribution is 2.32. The first-order valence-corrected chi connectivity index (χ1v) is 13.2. The number of hydrogen-bond donors (Lipinski definition) is 1. The lowest BCUT2D eigenvalue weighted by molar-refractivity contribution is -0.112. The monoisotopic (exact) mass is 548 g/mol. The van der Waals surface area contributed by atoms with Crippen molar-refractivity contribution >= 4 is 17.7 Å². The summed E-state index contributed by atoms with van der Waals surface area (Å²) in [6.07, 6.45) is 1.51. The summed E-state index contributed by atoms with van der Waals surface area (Å²) in [6, 6.07) is 30.3. The molecule has 0 aliphatic carbocycles. The van der Waals surface area contributed by atoms with Crippen LogP contribution in [0.5, 0.6) is 23.0 Å². The highest BCUT2D eigenvalue weighted by molar-refractivity contribution is 6.09. The van der Waals surface area contributed by atoms with Crippen molar-refractivity contribution < 1.29 is 23.7 Å². The largest absolute Gasteiger partial charge is 0.493 e. The van der Waals surface area contributed by atoms with E-state index in [0.717, 1.165) is 16.7 Å². The number of aryl methyl sites for hydroxylation is 1. The van der Waals surface area contributed by atoms with Crippen molar-refractivity contribution in [2.75, 3.05) is 19.0 Å². The number of rotatable bonds is 12. The summed E-state index contributed by atoms with van der Waals surface area (Å²) in [5, 5.41) is 12.4. The van der Waals surface area contributed by atoms with Crippen LogP contribution in [0.2, 0.25) is 0 Å². The molecule has 0 spiro atoms. The van der Waals surface area contributed by atoms with Crippen molar-refractivity contribution in [2.45, 2.75) is 27.1 Å². The molecule has 4 aromatic carbocycles. The Hall–Kier alpha value is -5.22. The summed E-state index contributed by atoms with van der Waals surface area (Å²) in [6.45, 7) is 5.07. The number of nitriles is 1. The first-order chi connectivity index (χ1) is 20.0. The summed E-state index contributed by atoms with van der Waals surface area (Å²) >= 11 is 0. The Morgan fingerprint density at radius 3 is 2.24 bits per heavy atom. The molecule has 0 saturated carbocycles. The molecule has 0 bridgehead atoms. The van der Waals surface area contributed by atoms with Crippen LogP contribution in [-0.2, 0) is 18.0 Å². The van der Waals surface area contributed by atoms with Crippen LogP contribution in [-0.4, -0.2) is 19.6 Å². The summed E-state index contributed by atoms with van der Waals surface area (Å²) < 4.78 is 23.4. The maximum Gasteiger partial charge on any atom is 0.266 e. The number of nitrogens with zero attached hydrogens (tertiary/aromatic N) is 1. The molecule has 208 valence electrons. The van der Waals surface area contributed by atoms with Crippen molar-refractivity contribution in [3.05, 3.63) is 119 Å². The van der Waals surface area contributed by atoms with Gasteiger partial charge in [0.1, 0.15) is 24.9 Å². The van der Waals surface area contributed by atoms with E-state index < -0.39 is 5.91 Å². The van der Waals surface area contributed by atoms with Gasteiger partial charge in [-0.3, -0.25) is 4.79 Å². The maximum absolute atomic E-state index is 12.7. The first kappa shape index (κ1) is 28.8. The molecular formula is C34H32N2O5. The number of anilines is 1. The molecule has 0 atom stereocenters. The topological polar surface area (TPSA) is 89.8 Å². The summed E-state index contributed by atoms with van der Waals surface area (Å²) in [4.78, 5) is 12.7. The number of methoxy groups -OCH3 is 1.